The Hall–Kier alpha value is -2.42. The van der Waals surface area contributed by atoms with Crippen LogP contribution >= 0.6 is 0 Å². The second-order valence-electron chi connectivity index (χ2n) is 6.85. The molecule has 0 spiro atoms. The average Bonchev–Trinajstić information content (AvgIpc) is 3.23. The van der Waals surface area contributed by atoms with Gasteiger partial charge in [0, 0.05) is 12.6 Å². The van der Waals surface area contributed by atoms with Crippen molar-refractivity contribution in [3.8, 4) is 0 Å². The fourth-order valence-electron chi connectivity index (χ4n) is 3.56. The number of carboxylic acids is 1. The quantitative estimate of drug-likeness (QED) is 0.600. The van der Waals surface area contributed by atoms with Crippen LogP contribution in [0.2, 0.25) is 0 Å². The number of amides is 2. The van der Waals surface area contributed by atoms with Gasteiger partial charge >= 0.3 is 11.9 Å². The van der Waals surface area contributed by atoms with Crippen LogP contribution < -0.4 is 0 Å². The van der Waals surface area contributed by atoms with Gasteiger partial charge in [0.1, 0.15) is 12.1 Å². The number of carbonyl (C=O) groups excluding carboxylic acids is 3. The summed E-state index contributed by atoms with van der Waals surface area (Å²) < 4.78 is 4.88. The highest BCUT2D eigenvalue weighted by Crippen LogP contribution is 2.32. The summed E-state index contributed by atoms with van der Waals surface area (Å²) in [6.45, 7) is 5.32. The minimum Gasteiger partial charge on any atom is -0.480 e. The molecule has 2 aliphatic heterocycles. The summed E-state index contributed by atoms with van der Waals surface area (Å²) in [6, 6.07) is -2.17. The van der Waals surface area contributed by atoms with Crippen LogP contribution in [-0.4, -0.2) is 74.7 Å². The summed E-state index contributed by atoms with van der Waals surface area (Å²) in [5, 5.41) is 20.2. The summed E-state index contributed by atoms with van der Waals surface area (Å²) in [7, 11) is 0. The molecule has 0 aromatic heterocycles. The van der Waals surface area contributed by atoms with Gasteiger partial charge in [-0.15, -0.1) is 0 Å². The number of likely N-dealkylation sites (tertiary alicyclic amines) is 1. The lowest BCUT2D eigenvalue weighted by Gasteiger charge is -2.41. The fraction of sp³-hybridized carbons (Fsp3) is 0.667. The third-order valence-electron chi connectivity index (χ3n) is 5.17. The van der Waals surface area contributed by atoms with Crippen molar-refractivity contribution < 1.29 is 34.1 Å². The van der Waals surface area contributed by atoms with E-state index < -0.39 is 47.5 Å². The van der Waals surface area contributed by atoms with Crippen molar-refractivity contribution in [3.05, 3.63) is 12.2 Å². The first-order chi connectivity index (χ1) is 12.7. The molecule has 0 aromatic carbocycles. The van der Waals surface area contributed by atoms with Crippen LogP contribution in [0, 0.1) is 5.92 Å². The van der Waals surface area contributed by atoms with E-state index >= 15 is 0 Å². The summed E-state index contributed by atoms with van der Waals surface area (Å²) in [5.74, 6) is -3.87. The monoisotopic (exact) mass is 382 g/mol. The number of ether oxygens (including phenoxy) is 1. The van der Waals surface area contributed by atoms with Gasteiger partial charge in [-0.05, 0) is 31.8 Å². The van der Waals surface area contributed by atoms with Crippen LogP contribution in [0.1, 0.15) is 40.0 Å². The number of nitrogens with zero attached hydrogens (tertiary/aromatic N) is 2. The molecule has 9 heteroatoms. The molecular weight excluding hydrogens is 356 g/mol. The number of carboxylic acid groups (broad SMARTS) is 1. The largest absolute Gasteiger partial charge is 0.480 e. The molecule has 0 radical (unpaired) electrons. The van der Waals surface area contributed by atoms with E-state index in [-0.39, 0.29) is 13.2 Å². The first kappa shape index (κ1) is 20.9. The van der Waals surface area contributed by atoms with Crippen LogP contribution in [-0.2, 0) is 23.9 Å². The molecule has 27 heavy (non-hydrogen) atoms. The Balaban J connectivity index is 2.43. The molecule has 2 amide bonds. The molecule has 0 unspecified atom stereocenters. The van der Waals surface area contributed by atoms with Crippen molar-refractivity contribution in [2.24, 2.45) is 5.92 Å². The lowest BCUT2D eigenvalue weighted by molar-refractivity contribution is -0.188. The summed E-state index contributed by atoms with van der Waals surface area (Å²) in [5.41, 5.74) is -2.39. The van der Waals surface area contributed by atoms with Crippen molar-refractivity contribution in [3.63, 3.8) is 0 Å². The Bertz CT molecular complexity index is 662. The summed E-state index contributed by atoms with van der Waals surface area (Å²) in [4.78, 5) is 51.5. The highest BCUT2D eigenvalue weighted by Gasteiger charge is 2.54. The Labute approximate surface area is 157 Å². The molecule has 1 fully saturated rings. The lowest BCUT2D eigenvalue weighted by atomic mass is 9.94. The molecule has 0 aliphatic carbocycles. The molecule has 2 rings (SSSR count). The molecule has 4 atom stereocenters. The second-order valence-corrected chi connectivity index (χ2v) is 6.85. The molecule has 0 saturated carbocycles. The molecule has 9 nitrogen and oxygen atoms in total. The molecule has 0 aromatic rings. The van der Waals surface area contributed by atoms with Gasteiger partial charge < -0.3 is 19.8 Å². The Morgan fingerprint density at radius 1 is 1.37 bits per heavy atom. The topological polar surface area (TPSA) is 124 Å². The molecule has 1 saturated heterocycles. The molecule has 150 valence electrons. The average molecular weight is 382 g/mol. The predicted molar refractivity (Wildman–Crippen MR) is 93.2 cm³/mol. The van der Waals surface area contributed by atoms with Crippen molar-refractivity contribution in [1.82, 2.24) is 9.80 Å². The SMILES string of the molecule is CCOC(=O)[C@@]1(O)C=CC(=O)N1[C@H](C(=O)N1CCC[C@H]1C(=O)O)[C@@H](C)CC. The number of rotatable bonds is 7. The van der Waals surface area contributed by atoms with E-state index in [0.717, 1.165) is 17.1 Å². The molecule has 2 heterocycles. The van der Waals surface area contributed by atoms with E-state index in [1.807, 2.05) is 0 Å². The van der Waals surface area contributed by atoms with E-state index in [1.54, 1.807) is 20.8 Å². The zero-order valence-corrected chi connectivity index (χ0v) is 15.8. The number of aliphatic carboxylic acids is 1. The Morgan fingerprint density at radius 2 is 2.04 bits per heavy atom. The first-order valence-electron chi connectivity index (χ1n) is 9.14. The van der Waals surface area contributed by atoms with Crippen LogP contribution in [0.4, 0.5) is 0 Å². The molecular formula is C18H26N2O7. The van der Waals surface area contributed by atoms with Gasteiger partial charge in [0.15, 0.2) is 0 Å². The number of aliphatic hydroxyl groups is 1. The standard InChI is InChI=1S/C18H26N2O7/c1-4-11(3)14(15(22)19-10-6-7-12(19)16(23)24)20-13(21)8-9-18(20,26)17(25)27-5-2/h8-9,11-12,14,26H,4-7,10H2,1-3H3,(H,23,24)/t11-,12-,14-,18-/m0/s1. The van der Waals surface area contributed by atoms with E-state index in [0.29, 0.717) is 19.3 Å². The number of hydrogen-bond donors (Lipinski definition) is 2. The summed E-state index contributed by atoms with van der Waals surface area (Å²) in [6.07, 6.45) is 3.37. The zero-order valence-electron chi connectivity index (χ0n) is 15.8. The maximum absolute atomic E-state index is 13.2. The smallest absolute Gasteiger partial charge is 0.364 e. The predicted octanol–water partition coefficient (Wildman–Crippen LogP) is 0.127. The first-order valence-corrected chi connectivity index (χ1v) is 9.14. The van der Waals surface area contributed by atoms with E-state index in [1.165, 1.54) is 4.90 Å². The van der Waals surface area contributed by atoms with Gasteiger partial charge in [-0.3, -0.25) is 14.5 Å². The fourth-order valence-corrected chi connectivity index (χ4v) is 3.56. The number of hydrogen-bond acceptors (Lipinski definition) is 6. The van der Waals surface area contributed by atoms with Crippen molar-refractivity contribution in [1.29, 1.82) is 0 Å². The lowest BCUT2D eigenvalue weighted by Crippen LogP contribution is -2.63. The highest BCUT2D eigenvalue weighted by molar-refractivity contribution is 6.02. The van der Waals surface area contributed by atoms with E-state index in [2.05, 4.69) is 0 Å². The van der Waals surface area contributed by atoms with E-state index in [4.69, 9.17) is 4.74 Å². The number of esters is 1. The maximum atomic E-state index is 13.2. The molecule has 0 bridgehead atoms. The number of carbonyl (C=O) groups is 4. The van der Waals surface area contributed by atoms with Gasteiger partial charge in [-0.2, -0.15) is 0 Å². The van der Waals surface area contributed by atoms with Crippen LogP contribution in [0.3, 0.4) is 0 Å². The van der Waals surface area contributed by atoms with Gasteiger partial charge in [0.05, 0.1) is 6.61 Å². The van der Waals surface area contributed by atoms with Crippen LogP contribution in [0.25, 0.3) is 0 Å². The van der Waals surface area contributed by atoms with Gasteiger partial charge in [0.2, 0.25) is 11.8 Å². The van der Waals surface area contributed by atoms with Crippen molar-refractivity contribution in [2.75, 3.05) is 13.2 Å². The third-order valence-corrected chi connectivity index (χ3v) is 5.17. The Morgan fingerprint density at radius 3 is 2.59 bits per heavy atom. The normalized spacial score (nSPS) is 27.0. The van der Waals surface area contributed by atoms with Crippen molar-refractivity contribution >= 4 is 23.8 Å². The highest BCUT2D eigenvalue weighted by atomic mass is 16.6. The zero-order chi connectivity index (χ0) is 20.4. The van der Waals surface area contributed by atoms with Crippen molar-refractivity contribution in [2.45, 2.75) is 57.8 Å². The minimum absolute atomic E-state index is 0.00777. The van der Waals surface area contributed by atoms with E-state index in [9.17, 15) is 29.4 Å². The second kappa shape index (κ2) is 8.08. The minimum atomic E-state index is -2.39. The van der Waals surface area contributed by atoms with Gasteiger partial charge in [0.25, 0.3) is 5.72 Å². The van der Waals surface area contributed by atoms with Gasteiger partial charge in [-0.1, -0.05) is 20.3 Å². The summed E-state index contributed by atoms with van der Waals surface area (Å²) >= 11 is 0. The molecule has 2 aliphatic rings. The van der Waals surface area contributed by atoms with Crippen LogP contribution in [0.15, 0.2) is 12.2 Å². The maximum Gasteiger partial charge on any atom is 0.364 e. The third kappa shape index (κ3) is 3.69. The molecule has 2 N–H and O–H groups in total. The Kier molecular flexibility index (Phi) is 6.25. The van der Waals surface area contributed by atoms with Gasteiger partial charge in [-0.25, -0.2) is 9.59 Å². The van der Waals surface area contributed by atoms with Crippen LogP contribution in [0.5, 0.6) is 0 Å².